The quantitative estimate of drug-likeness (QED) is 0.609. The van der Waals surface area contributed by atoms with Crippen LogP contribution in [-0.4, -0.2) is 35.4 Å². The van der Waals surface area contributed by atoms with Crippen LogP contribution in [0.15, 0.2) is 59.2 Å². The maximum Gasteiger partial charge on any atom is 0.251 e. The molecule has 7 heteroatoms. The van der Waals surface area contributed by atoms with Crippen molar-refractivity contribution in [3.8, 4) is 0 Å². The fourth-order valence-electron chi connectivity index (χ4n) is 3.92. The zero-order valence-electron chi connectivity index (χ0n) is 18.0. The molecule has 0 aliphatic carbocycles. The summed E-state index contributed by atoms with van der Waals surface area (Å²) in [5.74, 6) is -0.0524. The summed E-state index contributed by atoms with van der Waals surface area (Å²) in [5, 5.41) is 14.4. The molecule has 7 nitrogen and oxygen atoms in total. The van der Waals surface area contributed by atoms with Crippen LogP contribution in [-0.2, 0) is 6.54 Å². The number of amides is 1. The number of benzene rings is 2. The molecule has 0 spiro atoms. The van der Waals surface area contributed by atoms with E-state index in [0.717, 1.165) is 48.6 Å². The molecule has 1 aliphatic rings. The molecular weight excluding hydrogens is 390 g/mol. The van der Waals surface area contributed by atoms with Crippen molar-refractivity contribution in [2.45, 2.75) is 45.3 Å². The standard InChI is InChI=1S/C24H29N5O2/c1-17(19-6-4-3-5-7-19)26-24(30)20-8-10-22(11-9-20)29-14-12-21(13-15-29)25-16-23-18(2)27-31-28-23/h3-11,17,21,25H,12-16H2,1-2H3,(H,26,30). The summed E-state index contributed by atoms with van der Waals surface area (Å²) >= 11 is 0. The van der Waals surface area contributed by atoms with Gasteiger partial charge in [0.2, 0.25) is 0 Å². The molecule has 1 aromatic heterocycles. The summed E-state index contributed by atoms with van der Waals surface area (Å²) in [6.45, 7) is 6.54. The largest absolute Gasteiger partial charge is 0.371 e. The highest BCUT2D eigenvalue weighted by Gasteiger charge is 2.20. The first-order valence-corrected chi connectivity index (χ1v) is 10.8. The average Bonchev–Trinajstić information content (AvgIpc) is 3.23. The number of aromatic nitrogens is 2. The number of nitrogens with one attached hydrogen (secondary N) is 2. The Morgan fingerprint density at radius 2 is 1.81 bits per heavy atom. The summed E-state index contributed by atoms with van der Waals surface area (Å²) < 4.78 is 4.75. The number of carbonyl (C=O) groups is 1. The second kappa shape index (κ2) is 9.75. The highest BCUT2D eigenvalue weighted by molar-refractivity contribution is 5.94. The maximum atomic E-state index is 12.6. The first-order valence-electron chi connectivity index (χ1n) is 10.8. The smallest absolute Gasteiger partial charge is 0.251 e. The van der Waals surface area contributed by atoms with Gasteiger partial charge in [-0.2, -0.15) is 0 Å². The van der Waals surface area contributed by atoms with E-state index in [2.05, 4.69) is 25.8 Å². The van der Waals surface area contributed by atoms with Crippen molar-refractivity contribution in [1.82, 2.24) is 20.9 Å². The second-order valence-corrected chi connectivity index (χ2v) is 8.09. The van der Waals surface area contributed by atoms with E-state index in [0.29, 0.717) is 18.2 Å². The molecule has 1 amide bonds. The summed E-state index contributed by atoms with van der Waals surface area (Å²) in [6.07, 6.45) is 2.11. The van der Waals surface area contributed by atoms with E-state index in [1.54, 1.807) is 0 Å². The van der Waals surface area contributed by atoms with E-state index in [4.69, 9.17) is 4.63 Å². The summed E-state index contributed by atoms with van der Waals surface area (Å²) in [6, 6.07) is 18.3. The van der Waals surface area contributed by atoms with Gasteiger partial charge in [0.05, 0.1) is 6.04 Å². The molecule has 0 radical (unpaired) electrons. The van der Waals surface area contributed by atoms with Crippen LogP contribution in [0.1, 0.15) is 53.1 Å². The Bertz CT molecular complexity index is 979. The van der Waals surface area contributed by atoms with Gasteiger partial charge in [-0.15, -0.1) is 0 Å². The van der Waals surface area contributed by atoms with Crippen molar-refractivity contribution in [2.75, 3.05) is 18.0 Å². The normalized spacial score (nSPS) is 15.6. The molecule has 1 atom stereocenters. The molecule has 2 N–H and O–H groups in total. The third-order valence-corrected chi connectivity index (χ3v) is 5.94. The fraction of sp³-hybridized carbons (Fsp3) is 0.375. The van der Waals surface area contributed by atoms with Crippen molar-refractivity contribution in [3.63, 3.8) is 0 Å². The van der Waals surface area contributed by atoms with Gasteiger partial charge >= 0.3 is 0 Å². The molecule has 31 heavy (non-hydrogen) atoms. The first kappa shape index (κ1) is 21.1. The third kappa shape index (κ3) is 5.30. The third-order valence-electron chi connectivity index (χ3n) is 5.94. The Balaban J connectivity index is 1.26. The van der Waals surface area contributed by atoms with E-state index in [9.17, 15) is 4.79 Å². The lowest BCUT2D eigenvalue weighted by Crippen LogP contribution is -2.42. The molecule has 0 bridgehead atoms. The van der Waals surface area contributed by atoms with Gasteiger partial charge in [0.1, 0.15) is 11.4 Å². The van der Waals surface area contributed by atoms with Crippen molar-refractivity contribution < 1.29 is 9.42 Å². The van der Waals surface area contributed by atoms with E-state index in [1.165, 1.54) is 0 Å². The van der Waals surface area contributed by atoms with Crippen LogP contribution in [0, 0.1) is 6.92 Å². The lowest BCUT2D eigenvalue weighted by Gasteiger charge is -2.34. The van der Waals surface area contributed by atoms with Gasteiger partial charge in [0.25, 0.3) is 5.91 Å². The van der Waals surface area contributed by atoms with Gasteiger partial charge in [0, 0.05) is 36.9 Å². The molecule has 2 aromatic carbocycles. The molecule has 2 heterocycles. The van der Waals surface area contributed by atoms with Crippen molar-refractivity contribution >= 4 is 11.6 Å². The Hall–Kier alpha value is -3.19. The van der Waals surface area contributed by atoms with Gasteiger partial charge in [-0.05, 0) is 56.5 Å². The van der Waals surface area contributed by atoms with Crippen LogP contribution in [0.2, 0.25) is 0 Å². The summed E-state index contributed by atoms with van der Waals surface area (Å²) in [7, 11) is 0. The number of rotatable bonds is 7. The van der Waals surface area contributed by atoms with Crippen molar-refractivity contribution in [1.29, 1.82) is 0 Å². The Morgan fingerprint density at radius 1 is 1.10 bits per heavy atom. The van der Waals surface area contributed by atoms with Gasteiger partial charge in [0.15, 0.2) is 0 Å². The zero-order chi connectivity index (χ0) is 21.6. The molecule has 4 rings (SSSR count). The fourth-order valence-corrected chi connectivity index (χ4v) is 3.92. The first-order chi connectivity index (χ1) is 15.1. The van der Waals surface area contributed by atoms with Crippen molar-refractivity contribution in [3.05, 3.63) is 77.1 Å². The molecule has 1 unspecified atom stereocenters. The van der Waals surface area contributed by atoms with Crippen molar-refractivity contribution in [2.24, 2.45) is 0 Å². The molecule has 1 saturated heterocycles. The van der Waals surface area contributed by atoms with Gasteiger partial charge in [-0.3, -0.25) is 4.79 Å². The molecular formula is C24H29N5O2. The second-order valence-electron chi connectivity index (χ2n) is 8.09. The number of aryl methyl sites for hydroxylation is 1. The molecule has 1 aliphatic heterocycles. The van der Waals surface area contributed by atoms with E-state index in [1.807, 2.05) is 68.4 Å². The lowest BCUT2D eigenvalue weighted by molar-refractivity contribution is 0.0940. The van der Waals surface area contributed by atoms with Crippen LogP contribution in [0.3, 0.4) is 0 Å². The van der Waals surface area contributed by atoms with Gasteiger partial charge < -0.3 is 15.5 Å². The van der Waals surface area contributed by atoms with Gasteiger partial charge in [-0.1, -0.05) is 40.6 Å². The number of hydrogen-bond acceptors (Lipinski definition) is 6. The summed E-state index contributed by atoms with van der Waals surface area (Å²) in [4.78, 5) is 15.0. The average molecular weight is 420 g/mol. The van der Waals surface area contributed by atoms with Crippen LogP contribution < -0.4 is 15.5 Å². The predicted molar refractivity (Wildman–Crippen MR) is 120 cm³/mol. The van der Waals surface area contributed by atoms with Crippen LogP contribution >= 0.6 is 0 Å². The number of anilines is 1. The molecule has 1 fully saturated rings. The number of carbonyl (C=O) groups excluding carboxylic acids is 1. The number of hydrogen-bond donors (Lipinski definition) is 2. The minimum Gasteiger partial charge on any atom is -0.371 e. The minimum atomic E-state index is -0.0524. The minimum absolute atomic E-state index is 0.0308. The predicted octanol–water partition coefficient (Wildman–Crippen LogP) is 3.63. The number of piperidine rings is 1. The van der Waals surface area contributed by atoms with Crippen LogP contribution in [0.5, 0.6) is 0 Å². The topological polar surface area (TPSA) is 83.3 Å². The SMILES string of the molecule is Cc1nonc1CNC1CCN(c2ccc(C(=O)NC(C)c3ccccc3)cc2)CC1. The van der Waals surface area contributed by atoms with Gasteiger partial charge in [-0.25, -0.2) is 4.63 Å². The maximum absolute atomic E-state index is 12.6. The summed E-state index contributed by atoms with van der Waals surface area (Å²) in [5.41, 5.74) is 4.64. The Morgan fingerprint density at radius 3 is 2.45 bits per heavy atom. The van der Waals surface area contributed by atoms with E-state index < -0.39 is 0 Å². The molecule has 0 saturated carbocycles. The van der Waals surface area contributed by atoms with E-state index in [-0.39, 0.29) is 11.9 Å². The highest BCUT2D eigenvalue weighted by atomic mass is 16.6. The van der Waals surface area contributed by atoms with E-state index >= 15 is 0 Å². The monoisotopic (exact) mass is 419 g/mol. The van der Waals surface area contributed by atoms with Crippen LogP contribution in [0.4, 0.5) is 5.69 Å². The zero-order valence-corrected chi connectivity index (χ0v) is 18.0. The number of nitrogens with zero attached hydrogens (tertiary/aromatic N) is 3. The molecule has 3 aromatic rings. The van der Waals surface area contributed by atoms with Crippen LogP contribution in [0.25, 0.3) is 0 Å². The highest BCUT2D eigenvalue weighted by Crippen LogP contribution is 2.21. The Labute approximate surface area is 182 Å². The molecule has 162 valence electrons. The lowest BCUT2D eigenvalue weighted by atomic mass is 10.0. The Kier molecular flexibility index (Phi) is 6.62.